The average Bonchev–Trinajstić information content (AvgIpc) is 2.99. The Hall–Kier alpha value is -1.13. The second-order valence-corrected chi connectivity index (χ2v) is 5.88. The van der Waals surface area contributed by atoms with Crippen molar-refractivity contribution in [2.75, 3.05) is 6.54 Å². The van der Waals surface area contributed by atoms with Gasteiger partial charge in [-0.3, -0.25) is 0 Å². The molecule has 2 N–H and O–H groups in total. The highest BCUT2D eigenvalue weighted by molar-refractivity contribution is 7.10. The lowest BCUT2D eigenvalue weighted by molar-refractivity contribution is 0.543. The van der Waals surface area contributed by atoms with E-state index in [0.717, 1.165) is 18.7 Å². The summed E-state index contributed by atoms with van der Waals surface area (Å²) in [5.74, 6) is 1.12. The molecular formula is C14H19N3S. The first kappa shape index (κ1) is 11.9. The second-order valence-electron chi connectivity index (χ2n) is 4.90. The van der Waals surface area contributed by atoms with E-state index >= 15 is 0 Å². The Labute approximate surface area is 112 Å². The number of rotatable bonds is 3. The number of hydrogen-bond acceptors (Lipinski definition) is 3. The van der Waals surface area contributed by atoms with Crippen LogP contribution in [0.15, 0.2) is 17.5 Å². The van der Waals surface area contributed by atoms with Gasteiger partial charge in [0.15, 0.2) is 0 Å². The van der Waals surface area contributed by atoms with E-state index in [9.17, 15) is 0 Å². The van der Waals surface area contributed by atoms with Crippen LogP contribution < -0.4 is 5.73 Å². The highest BCUT2D eigenvalue weighted by atomic mass is 32.1. The lowest BCUT2D eigenvalue weighted by Crippen LogP contribution is -2.23. The van der Waals surface area contributed by atoms with Gasteiger partial charge in [-0.2, -0.15) is 0 Å². The van der Waals surface area contributed by atoms with Crippen LogP contribution >= 0.6 is 11.3 Å². The molecule has 2 aromatic rings. The summed E-state index contributed by atoms with van der Waals surface area (Å²) in [4.78, 5) is 6.08. The Bertz CT molecular complexity index is 527. The highest BCUT2D eigenvalue weighted by Gasteiger charge is 2.23. The molecular weight excluding hydrogens is 242 g/mol. The Morgan fingerprint density at radius 3 is 3.00 bits per heavy atom. The minimum Gasteiger partial charge on any atom is -0.328 e. The quantitative estimate of drug-likeness (QED) is 0.923. The van der Waals surface area contributed by atoms with E-state index in [-0.39, 0.29) is 6.04 Å². The second kappa shape index (κ2) is 4.86. The molecule has 2 heterocycles. The van der Waals surface area contributed by atoms with Gasteiger partial charge in [0, 0.05) is 17.1 Å². The van der Waals surface area contributed by atoms with Crippen LogP contribution in [0.25, 0.3) is 0 Å². The van der Waals surface area contributed by atoms with Gasteiger partial charge in [0.05, 0.1) is 11.7 Å². The summed E-state index contributed by atoms with van der Waals surface area (Å²) in [5, 5.41) is 2.12. The van der Waals surface area contributed by atoms with Gasteiger partial charge in [-0.05, 0) is 44.1 Å². The van der Waals surface area contributed by atoms with Crippen LogP contribution in [0.3, 0.4) is 0 Å². The van der Waals surface area contributed by atoms with Gasteiger partial charge >= 0.3 is 0 Å². The largest absolute Gasteiger partial charge is 0.328 e. The van der Waals surface area contributed by atoms with Crippen LogP contribution in [0.2, 0.25) is 0 Å². The molecule has 1 aliphatic carbocycles. The molecule has 0 amide bonds. The molecule has 0 radical (unpaired) electrons. The molecule has 0 aromatic carbocycles. The van der Waals surface area contributed by atoms with E-state index < -0.39 is 0 Å². The van der Waals surface area contributed by atoms with Crippen molar-refractivity contribution in [3.8, 4) is 0 Å². The van der Waals surface area contributed by atoms with Crippen LogP contribution in [0.4, 0.5) is 0 Å². The Morgan fingerprint density at radius 1 is 1.44 bits per heavy atom. The maximum absolute atomic E-state index is 6.02. The standard InChI is InChI=1S/C14H19N3S/c1-10-16-11-5-2-3-6-12(11)17(10)13(9-15)14-7-4-8-18-14/h4,7-8,13H,2-3,5-6,9,15H2,1H3. The summed E-state index contributed by atoms with van der Waals surface area (Å²) in [7, 11) is 0. The molecule has 4 heteroatoms. The minimum atomic E-state index is 0.263. The van der Waals surface area contributed by atoms with Gasteiger partial charge < -0.3 is 10.3 Å². The smallest absolute Gasteiger partial charge is 0.106 e. The molecule has 0 saturated carbocycles. The zero-order valence-electron chi connectivity index (χ0n) is 10.7. The van der Waals surface area contributed by atoms with Crippen LogP contribution in [-0.2, 0) is 12.8 Å². The Kier molecular flexibility index (Phi) is 3.22. The van der Waals surface area contributed by atoms with E-state index in [4.69, 9.17) is 10.7 Å². The predicted molar refractivity (Wildman–Crippen MR) is 75.1 cm³/mol. The van der Waals surface area contributed by atoms with Crippen molar-refractivity contribution < 1.29 is 0 Å². The van der Waals surface area contributed by atoms with E-state index in [1.54, 1.807) is 11.3 Å². The number of nitrogens with two attached hydrogens (primary N) is 1. The van der Waals surface area contributed by atoms with Gasteiger partial charge in [-0.1, -0.05) is 6.07 Å². The van der Waals surface area contributed by atoms with E-state index in [1.807, 2.05) is 0 Å². The molecule has 0 bridgehead atoms. The molecule has 1 aliphatic rings. The molecule has 1 atom stereocenters. The minimum absolute atomic E-state index is 0.263. The third kappa shape index (κ3) is 1.89. The molecule has 0 saturated heterocycles. The number of aryl methyl sites for hydroxylation is 2. The zero-order valence-corrected chi connectivity index (χ0v) is 11.5. The van der Waals surface area contributed by atoms with Crippen molar-refractivity contribution in [2.45, 2.75) is 38.6 Å². The first-order chi connectivity index (χ1) is 8.81. The molecule has 0 fully saturated rings. The van der Waals surface area contributed by atoms with Gasteiger partial charge in [0.1, 0.15) is 5.82 Å². The summed E-state index contributed by atoms with van der Waals surface area (Å²) < 4.78 is 2.38. The summed E-state index contributed by atoms with van der Waals surface area (Å²) >= 11 is 1.78. The SMILES string of the molecule is Cc1nc2c(n1C(CN)c1cccs1)CCCC2. The first-order valence-corrected chi connectivity index (χ1v) is 7.49. The number of hydrogen-bond donors (Lipinski definition) is 1. The predicted octanol–water partition coefficient (Wildman–Crippen LogP) is 2.68. The Balaban J connectivity index is 2.07. The van der Waals surface area contributed by atoms with Crippen LogP contribution in [0, 0.1) is 6.92 Å². The average molecular weight is 261 g/mol. The number of fused-ring (bicyclic) bond motifs is 1. The molecule has 3 rings (SSSR count). The van der Waals surface area contributed by atoms with Gasteiger partial charge in [0.25, 0.3) is 0 Å². The third-order valence-electron chi connectivity index (χ3n) is 3.75. The zero-order chi connectivity index (χ0) is 12.5. The van der Waals surface area contributed by atoms with Gasteiger partial charge in [-0.15, -0.1) is 11.3 Å². The summed E-state index contributed by atoms with van der Waals surface area (Å²) in [6.07, 6.45) is 4.83. The van der Waals surface area contributed by atoms with Crippen molar-refractivity contribution >= 4 is 11.3 Å². The van der Waals surface area contributed by atoms with E-state index in [0.29, 0.717) is 6.54 Å². The monoisotopic (exact) mass is 261 g/mol. The number of thiophene rings is 1. The number of imidazole rings is 1. The van der Waals surface area contributed by atoms with E-state index in [1.165, 1.54) is 29.1 Å². The van der Waals surface area contributed by atoms with Crippen molar-refractivity contribution in [2.24, 2.45) is 5.73 Å². The van der Waals surface area contributed by atoms with E-state index in [2.05, 4.69) is 29.0 Å². The topological polar surface area (TPSA) is 43.8 Å². The van der Waals surface area contributed by atoms with Crippen LogP contribution in [0.1, 0.15) is 41.0 Å². The Morgan fingerprint density at radius 2 is 2.28 bits per heavy atom. The molecule has 0 spiro atoms. The van der Waals surface area contributed by atoms with Gasteiger partial charge in [-0.25, -0.2) is 4.98 Å². The van der Waals surface area contributed by atoms with Crippen molar-refractivity contribution in [3.63, 3.8) is 0 Å². The third-order valence-corrected chi connectivity index (χ3v) is 4.73. The molecule has 1 unspecified atom stereocenters. The van der Waals surface area contributed by atoms with Crippen LogP contribution in [0.5, 0.6) is 0 Å². The molecule has 3 nitrogen and oxygen atoms in total. The molecule has 96 valence electrons. The van der Waals surface area contributed by atoms with Gasteiger partial charge in [0.2, 0.25) is 0 Å². The fourth-order valence-electron chi connectivity index (χ4n) is 2.94. The molecule has 18 heavy (non-hydrogen) atoms. The summed E-state index contributed by atoms with van der Waals surface area (Å²) in [5.41, 5.74) is 8.73. The fourth-order valence-corrected chi connectivity index (χ4v) is 3.77. The summed E-state index contributed by atoms with van der Waals surface area (Å²) in [6, 6.07) is 4.54. The first-order valence-electron chi connectivity index (χ1n) is 6.61. The van der Waals surface area contributed by atoms with Crippen molar-refractivity contribution in [1.82, 2.24) is 9.55 Å². The normalized spacial score (nSPS) is 16.6. The lowest BCUT2D eigenvalue weighted by Gasteiger charge is -2.22. The highest BCUT2D eigenvalue weighted by Crippen LogP contribution is 2.30. The number of aromatic nitrogens is 2. The molecule has 0 aliphatic heterocycles. The van der Waals surface area contributed by atoms with Crippen molar-refractivity contribution in [3.05, 3.63) is 39.6 Å². The number of nitrogens with zero attached hydrogens (tertiary/aromatic N) is 2. The fraction of sp³-hybridized carbons (Fsp3) is 0.500. The maximum Gasteiger partial charge on any atom is 0.106 e. The van der Waals surface area contributed by atoms with Crippen LogP contribution in [-0.4, -0.2) is 16.1 Å². The summed E-state index contributed by atoms with van der Waals surface area (Å²) in [6.45, 7) is 2.75. The maximum atomic E-state index is 6.02. The molecule has 2 aromatic heterocycles. The lowest BCUT2D eigenvalue weighted by atomic mass is 10.0. The van der Waals surface area contributed by atoms with Crippen molar-refractivity contribution in [1.29, 1.82) is 0 Å².